The zero-order chi connectivity index (χ0) is 12.2. The predicted octanol–water partition coefficient (Wildman–Crippen LogP) is 1.76. The van der Waals surface area contributed by atoms with Crippen LogP contribution in [-0.2, 0) is 4.74 Å². The molecule has 3 heteroatoms. The van der Waals surface area contributed by atoms with E-state index in [-0.39, 0.29) is 0 Å². The molecule has 0 aromatic heterocycles. The van der Waals surface area contributed by atoms with Crippen LogP contribution in [0, 0.1) is 5.92 Å². The summed E-state index contributed by atoms with van der Waals surface area (Å²) in [5.41, 5.74) is 0. The Hall–Kier alpha value is -0.380. The lowest BCUT2D eigenvalue weighted by Crippen LogP contribution is -2.31. The van der Waals surface area contributed by atoms with E-state index in [0.29, 0.717) is 0 Å². The molecular formula is C13H28N2O. The van der Waals surface area contributed by atoms with E-state index in [2.05, 4.69) is 30.6 Å². The van der Waals surface area contributed by atoms with Crippen molar-refractivity contribution in [3.63, 3.8) is 0 Å². The molecule has 0 fully saturated rings. The molecule has 16 heavy (non-hydrogen) atoms. The Morgan fingerprint density at radius 1 is 1.38 bits per heavy atom. The van der Waals surface area contributed by atoms with Gasteiger partial charge < -0.3 is 10.1 Å². The first kappa shape index (κ1) is 15.6. The molecule has 0 bridgehead atoms. The average Bonchev–Trinajstić information content (AvgIpc) is 2.24. The second-order valence-corrected chi connectivity index (χ2v) is 4.53. The maximum absolute atomic E-state index is 5.09. The number of nitrogens with zero attached hydrogens (tertiary/aromatic N) is 1. The Labute approximate surface area is 101 Å². The van der Waals surface area contributed by atoms with Crippen LogP contribution in [0.4, 0.5) is 0 Å². The summed E-state index contributed by atoms with van der Waals surface area (Å²) in [6, 6.07) is 0. The van der Waals surface area contributed by atoms with Crippen LogP contribution >= 0.6 is 0 Å². The van der Waals surface area contributed by atoms with Crippen molar-refractivity contribution in [2.75, 3.05) is 46.4 Å². The first-order chi connectivity index (χ1) is 7.70. The molecule has 0 aliphatic carbocycles. The van der Waals surface area contributed by atoms with E-state index in [1.165, 1.54) is 6.42 Å². The molecule has 0 saturated carbocycles. The average molecular weight is 228 g/mol. The van der Waals surface area contributed by atoms with Gasteiger partial charge in [-0.2, -0.15) is 0 Å². The molecule has 0 unspecified atom stereocenters. The second-order valence-electron chi connectivity index (χ2n) is 4.53. The highest BCUT2D eigenvalue weighted by Crippen LogP contribution is 1.93. The molecule has 0 amide bonds. The summed E-state index contributed by atoms with van der Waals surface area (Å²) in [5.74, 6) is 0.734. The van der Waals surface area contributed by atoms with Crippen molar-refractivity contribution in [3.8, 4) is 0 Å². The van der Waals surface area contributed by atoms with Gasteiger partial charge >= 0.3 is 0 Å². The highest BCUT2D eigenvalue weighted by Gasteiger charge is 2.01. The van der Waals surface area contributed by atoms with Gasteiger partial charge in [0.1, 0.15) is 0 Å². The molecule has 0 aliphatic heterocycles. The van der Waals surface area contributed by atoms with Crippen molar-refractivity contribution < 1.29 is 4.74 Å². The maximum Gasteiger partial charge on any atom is 0.0589 e. The van der Waals surface area contributed by atoms with E-state index in [9.17, 15) is 0 Å². The third-order valence-corrected chi connectivity index (χ3v) is 2.38. The SMILES string of the molecule is C=CCN(CCCNCC(C)C)CCOC. The molecule has 0 rings (SSSR count). The van der Waals surface area contributed by atoms with Gasteiger partial charge in [0.15, 0.2) is 0 Å². The molecule has 1 N–H and O–H groups in total. The van der Waals surface area contributed by atoms with Crippen LogP contribution in [-0.4, -0.2) is 51.3 Å². The van der Waals surface area contributed by atoms with Crippen LogP contribution < -0.4 is 5.32 Å². The topological polar surface area (TPSA) is 24.5 Å². The fourth-order valence-electron chi connectivity index (χ4n) is 1.52. The van der Waals surface area contributed by atoms with Crippen molar-refractivity contribution in [2.24, 2.45) is 5.92 Å². The molecular weight excluding hydrogens is 200 g/mol. The van der Waals surface area contributed by atoms with Crippen LogP contribution in [0.1, 0.15) is 20.3 Å². The van der Waals surface area contributed by atoms with Gasteiger partial charge in [-0.05, 0) is 32.0 Å². The van der Waals surface area contributed by atoms with E-state index < -0.39 is 0 Å². The normalized spacial score (nSPS) is 11.3. The van der Waals surface area contributed by atoms with Gasteiger partial charge in [-0.1, -0.05) is 19.9 Å². The van der Waals surface area contributed by atoms with Gasteiger partial charge in [0.25, 0.3) is 0 Å². The Kier molecular flexibility index (Phi) is 10.9. The van der Waals surface area contributed by atoms with Crippen LogP contribution in [0.25, 0.3) is 0 Å². The minimum atomic E-state index is 0.734. The van der Waals surface area contributed by atoms with Crippen molar-refractivity contribution >= 4 is 0 Å². The van der Waals surface area contributed by atoms with Crippen molar-refractivity contribution in [3.05, 3.63) is 12.7 Å². The summed E-state index contributed by atoms with van der Waals surface area (Å²) in [5, 5.41) is 3.45. The van der Waals surface area contributed by atoms with Gasteiger partial charge in [0.05, 0.1) is 6.61 Å². The molecule has 0 atom stereocenters. The minimum Gasteiger partial charge on any atom is -0.383 e. The maximum atomic E-state index is 5.09. The lowest BCUT2D eigenvalue weighted by molar-refractivity contribution is 0.153. The van der Waals surface area contributed by atoms with Gasteiger partial charge in [0, 0.05) is 20.2 Å². The lowest BCUT2D eigenvalue weighted by atomic mass is 10.2. The molecule has 0 spiro atoms. The number of rotatable bonds is 11. The van der Waals surface area contributed by atoms with Crippen LogP contribution in [0.5, 0.6) is 0 Å². The molecule has 0 aromatic carbocycles. The predicted molar refractivity (Wildman–Crippen MR) is 70.8 cm³/mol. The van der Waals surface area contributed by atoms with E-state index >= 15 is 0 Å². The van der Waals surface area contributed by atoms with Crippen molar-refractivity contribution in [1.29, 1.82) is 0 Å². The Balaban J connectivity index is 3.47. The summed E-state index contributed by atoms with van der Waals surface area (Å²) in [6.07, 6.45) is 3.14. The van der Waals surface area contributed by atoms with Gasteiger partial charge in [-0.3, -0.25) is 4.90 Å². The smallest absolute Gasteiger partial charge is 0.0589 e. The Morgan fingerprint density at radius 2 is 2.12 bits per heavy atom. The number of hydrogen-bond acceptors (Lipinski definition) is 3. The zero-order valence-corrected chi connectivity index (χ0v) is 11.2. The Morgan fingerprint density at radius 3 is 2.69 bits per heavy atom. The molecule has 3 nitrogen and oxygen atoms in total. The standard InChI is InChI=1S/C13H28N2O/c1-5-8-15(10-11-16-4)9-6-7-14-12-13(2)3/h5,13-14H,1,6-12H2,2-4H3. The summed E-state index contributed by atoms with van der Waals surface area (Å²) in [7, 11) is 1.75. The lowest BCUT2D eigenvalue weighted by Gasteiger charge is -2.20. The summed E-state index contributed by atoms with van der Waals surface area (Å²) < 4.78 is 5.09. The van der Waals surface area contributed by atoms with Crippen LogP contribution in [0.15, 0.2) is 12.7 Å². The Bertz CT molecular complexity index is 160. The van der Waals surface area contributed by atoms with Gasteiger partial charge in [-0.15, -0.1) is 6.58 Å². The summed E-state index contributed by atoms with van der Waals surface area (Å²) >= 11 is 0. The molecule has 0 saturated heterocycles. The zero-order valence-electron chi connectivity index (χ0n) is 11.2. The number of methoxy groups -OCH3 is 1. The van der Waals surface area contributed by atoms with E-state index in [1.54, 1.807) is 7.11 Å². The van der Waals surface area contributed by atoms with Crippen molar-refractivity contribution in [2.45, 2.75) is 20.3 Å². The summed E-state index contributed by atoms with van der Waals surface area (Å²) in [4.78, 5) is 2.37. The first-order valence-electron chi connectivity index (χ1n) is 6.23. The summed E-state index contributed by atoms with van der Waals surface area (Å²) in [6.45, 7) is 14.3. The fraction of sp³-hybridized carbons (Fsp3) is 0.846. The highest BCUT2D eigenvalue weighted by molar-refractivity contribution is 4.73. The number of nitrogens with one attached hydrogen (secondary N) is 1. The van der Waals surface area contributed by atoms with Gasteiger partial charge in [-0.25, -0.2) is 0 Å². The highest BCUT2D eigenvalue weighted by atomic mass is 16.5. The first-order valence-corrected chi connectivity index (χ1v) is 6.23. The minimum absolute atomic E-state index is 0.734. The molecule has 0 aromatic rings. The quantitative estimate of drug-likeness (QED) is 0.431. The molecule has 0 radical (unpaired) electrons. The molecule has 96 valence electrons. The monoisotopic (exact) mass is 228 g/mol. The largest absolute Gasteiger partial charge is 0.383 e. The van der Waals surface area contributed by atoms with E-state index in [4.69, 9.17) is 4.74 Å². The fourth-order valence-corrected chi connectivity index (χ4v) is 1.52. The molecule has 0 aliphatic rings. The third kappa shape index (κ3) is 10.1. The third-order valence-electron chi connectivity index (χ3n) is 2.38. The van der Waals surface area contributed by atoms with Crippen LogP contribution in [0.2, 0.25) is 0 Å². The number of ether oxygens (including phenoxy) is 1. The molecule has 0 heterocycles. The second kappa shape index (κ2) is 11.1. The van der Waals surface area contributed by atoms with Gasteiger partial charge in [0.2, 0.25) is 0 Å². The van der Waals surface area contributed by atoms with E-state index in [1.807, 2.05) is 6.08 Å². The van der Waals surface area contributed by atoms with Crippen LogP contribution in [0.3, 0.4) is 0 Å². The van der Waals surface area contributed by atoms with Crippen molar-refractivity contribution in [1.82, 2.24) is 10.2 Å². The van der Waals surface area contributed by atoms with E-state index in [0.717, 1.165) is 45.2 Å². The number of hydrogen-bond donors (Lipinski definition) is 1.